The number of hydrogen-bond acceptors (Lipinski definition) is 8. The van der Waals surface area contributed by atoms with Gasteiger partial charge in [-0.25, -0.2) is 4.79 Å². The number of hydrogen-bond donors (Lipinski definition) is 0. The van der Waals surface area contributed by atoms with Gasteiger partial charge in [0, 0.05) is 35.7 Å². The van der Waals surface area contributed by atoms with Crippen molar-refractivity contribution < 1.29 is 28.3 Å². The first-order valence-electron chi connectivity index (χ1n) is 8.34. The summed E-state index contributed by atoms with van der Waals surface area (Å²) in [5.74, 6) is 0.331. The van der Waals surface area contributed by atoms with Gasteiger partial charge in [0.2, 0.25) is 5.76 Å². The van der Waals surface area contributed by atoms with Crippen LogP contribution in [0.4, 0.5) is 5.69 Å². The minimum atomic E-state index is -0.681. The Morgan fingerprint density at radius 1 is 1.36 bits per heavy atom. The smallest absolute Gasteiger partial charge is 0.374 e. The van der Waals surface area contributed by atoms with E-state index in [9.17, 15) is 14.9 Å². The van der Waals surface area contributed by atoms with Gasteiger partial charge in [0.1, 0.15) is 18.1 Å². The maximum atomic E-state index is 12.3. The van der Waals surface area contributed by atoms with E-state index in [1.165, 1.54) is 18.2 Å². The van der Waals surface area contributed by atoms with Gasteiger partial charge in [-0.3, -0.25) is 14.8 Å². The second-order valence-corrected chi connectivity index (χ2v) is 6.01. The van der Waals surface area contributed by atoms with Gasteiger partial charge in [0.05, 0.1) is 18.1 Å². The molecule has 4 rings (SSSR count). The molecule has 3 aromatic rings. The molecule has 2 aromatic heterocycles. The van der Waals surface area contributed by atoms with Crippen LogP contribution in [0, 0.1) is 10.1 Å². The zero-order valence-corrected chi connectivity index (χ0v) is 14.6. The summed E-state index contributed by atoms with van der Waals surface area (Å²) in [4.78, 5) is 22.9. The zero-order valence-electron chi connectivity index (χ0n) is 14.6. The Morgan fingerprint density at radius 3 is 3.04 bits per heavy atom. The van der Waals surface area contributed by atoms with Gasteiger partial charge < -0.3 is 18.6 Å². The summed E-state index contributed by atoms with van der Waals surface area (Å²) < 4.78 is 23.0. The molecule has 0 unspecified atom stereocenters. The molecule has 0 radical (unpaired) electrons. The number of nitrogens with zero attached hydrogens (tertiary/aromatic N) is 3. The van der Waals surface area contributed by atoms with E-state index < -0.39 is 10.9 Å². The van der Waals surface area contributed by atoms with Crippen molar-refractivity contribution in [1.82, 2.24) is 9.78 Å². The molecule has 0 aliphatic carbocycles. The SMILES string of the molecule is O=C(OCc1cc([N+](=O)[O-])cc2c1OCOC2)c1ccc(Cn2cccn2)o1. The van der Waals surface area contributed by atoms with Crippen LogP contribution in [0.15, 0.2) is 47.1 Å². The van der Waals surface area contributed by atoms with Crippen molar-refractivity contribution in [2.75, 3.05) is 6.79 Å². The summed E-state index contributed by atoms with van der Waals surface area (Å²) in [5.41, 5.74) is 0.800. The largest absolute Gasteiger partial charge is 0.467 e. The van der Waals surface area contributed by atoms with Gasteiger partial charge >= 0.3 is 5.97 Å². The van der Waals surface area contributed by atoms with Crippen LogP contribution < -0.4 is 4.74 Å². The summed E-state index contributed by atoms with van der Waals surface area (Å²) in [6.07, 6.45) is 3.42. The topological polar surface area (TPSA) is 119 Å². The highest BCUT2D eigenvalue weighted by molar-refractivity contribution is 5.86. The number of furan rings is 1. The van der Waals surface area contributed by atoms with Crippen molar-refractivity contribution in [3.8, 4) is 5.75 Å². The van der Waals surface area contributed by atoms with Crippen LogP contribution in [0.1, 0.15) is 27.4 Å². The molecule has 10 nitrogen and oxygen atoms in total. The number of benzene rings is 1. The molecular formula is C18H15N3O7. The predicted molar refractivity (Wildman–Crippen MR) is 92.5 cm³/mol. The van der Waals surface area contributed by atoms with Gasteiger partial charge in [0.15, 0.2) is 6.79 Å². The molecule has 0 saturated heterocycles. The van der Waals surface area contributed by atoms with Crippen LogP contribution in [0.5, 0.6) is 5.75 Å². The number of carbonyl (C=O) groups is 1. The maximum absolute atomic E-state index is 12.3. The number of carbonyl (C=O) groups excluding carboxylic acids is 1. The monoisotopic (exact) mass is 385 g/mol. The Labute approximate surface area is 158 Å². The van der Waals surface area contributed by atoms with Crippen LogP contribution in [-0.2, 0) is 29.2 Å². The van der Waals surface area contributed by atoms with E-state index >= 15 is 0 Å². The van der Waals surface area contributed by atoms with E-state index in [1.807, 2.05) is 0 Å². The first-order valence-corrected chi connectivity index (χ1v) is 8.34. The van der Waals surface area contributed by atoms with E-state index in [2.05, 4.69) is 5.10 Å². The molecule has 28 heavy (non-hydrogen) atoms. The Balaban J connectivity index is 1.47. The molecule has 0 spiro atoms. The number of nitro groups is 1. The van der Waals surface area contributed by atoms with Gasteiger partial charge in [-0.05, 0) is 18.2 Å². The molecule has 0 N–H and O–H groups in total. The number of ether oxygens (including phenoxy) is 3. The average Bonchev–Trinajstić information content (AvgIpc) is 3.38. The molecule has 144 valence electrons. The van der Waals surface area contributed by atoms with Crippen molar-refractivity contribution >= 4 is 11.7 Å². The number of aromatic nitrogens is 2. The third-order valence-electron chi connectivity index (χ3n) is 4.08. The maximum Gasteiger partial charge on any atom is 0.374 e. The molecule has 1 aliphatic rings. The van der Waals surface area contributed by atoms with E-state index in [0.717, 1.165) is 0 Å². The lowest BCUT2D eigenvalue weighted by Gasteiger charge is -2.20. The Kier molecular flexibility index (Phi) is 4.77. The molecule has 1 aliphatic heterocycles. The Bertz CT molecular complexity index is 1010. The normalized spacial score (nSPS) is 12.9. The van der Waals surface area contributed by atoms with Crippen molar-refractivity contribution in [2.24, 2.45) is 0 Å². The molecule has 0 saturated carbocycles. The quantitative estimate of drug-likeness (QED) is 0.361. The van der Waals surface area contributed by atoms with Crippen molar-refractivity contribution in [2.45, 2.75) is 19.8 Å². The summed E-state index contributed by atoms with van der Waals surface area (Å²) in [5, 5.41) is 15.2. The second kappa shape index (κ2) is 7.53. The molecule has 0 amide bonds. The second-order valence-electron chi connectivity index (χ2n) is 6.01. The molecule has 10 heteroatoms. The lowest BCUT2D eigenvalue weighted by Crippen LogP contribution is -2.15. The summed E-state index contributed by atoms with van der Waals surface area (Å²) in [6.45, 7) is 0.401. The molecule has 1 aromatic carbocycles. The summed E-state index contributed by atoms with van der Waals surface area (Å²) in [6, 6.07) is 7.66. The third-order valence-corrected chi connectivity index (χ3v) is 4.08. The Hall–Kier alpha value is -3.66. The lowest BCUT2D eigenvalue weighted by atomic mass is 10.1. The van der Waals surface area contributed by atoms with Crippen molar-refractivity contribution in [3.63, 3.8) is 0 Å². The van der Waals surface area contributed by atoms with Crippen LogP contribution in [0.25, 0.3) is 0 Å². The minimum absolute atomic E-state index is 0.0285. The minimum Gasteiger partial charge on any atom is -0.467 e. The fraction of sp³-hybridized carbons (Fsp3) is 0.222. The van der Waals surface area contributed by atoms with Gasteiger partial charge in [0.25, 0.3) is 5.69 Å². The van der Waals surface area contributed by atoms with Crippen molar-refractivity contribution in [1.29, 1.82) is 0 Å². The van der Waals surface area contributed by atoms with Crippen LogP contribution in [-0.4, -0.2) is 27.5 Å². The van der Waals surface area contributed by atoms with Crippen LogP contribution >= 0.6 is 0 Å². The van der Waals surface area contributed by atoms with E-state index in [0.29, 0.717) is 29.2 Å². The first-order chi connectivity index (χ1) is 13.6. The Morgan fingerprint density at radius 2 is 2.25 bits per heavy atom. The molecular weight excluding hydrogens is 370 g/mol. The summed E-state index contributed by atoms with van der Waals surface area (Å²) >= 11 is 0. The fourth-order valence-electron chi connectivity index (χ4n) is 2.83. The molecule has 0 bridgehead atoms. The zero-order chi connectivity index (χ0) is 19.5. The standard InChI is InChI=1S/C18H15N3O7/c22-18(16-3-2-15(28-16)8-20-5-1-4-19-20)26-10-13-7-14(21(23)24)6-12-9-25-11-27-17(12)13/h1-7H,8-11H2. The summed E-state index contributed by atoms with van der Waals surface area (Å²) in [7, 11) is 0. The highest BCUT2D eigenvalue weighted by Crippen LogP contribution is 2.33. The van der Waals surface area contributed by atoms with E-state index in [-0.39, 0.29) is 31.5 Å². The van der Waals surface area contributed by atoms with E-state index in [1.54, 1.807) is 29.2 Å². The van der Waals surface area contributed by atoms with Gasteiger partial charge in [-0.1, -0.05) is 0 Å². The number of fused-ring (bicyclic) bond motifs is 1. The predicted octanol–water partition coefficient (Wildman–Crippen LogP) is 2.66. The third kappa shape index (κ3) is 3.71. The average molecular weight is 385 g/mol. The van der Waals surface area contributed by atoms with Crippen LogP contribution in [0.3, 0.4) is 0 Å². The highest BCUT2D eigenvalue weighted by Gasteiger charge is 2.22. The van der Waals surface area contributed by atoms with Gasteiger partial charge in [-0.2, -0.15) is 5.10 Å². The number of nitro benzene ring substituents is 1. The van der Waals surface area contributed by atoms with Crippen molar-refractivity contribution in [3.05, 3.63) is 75.5 Å². The van der Waals surface area contributed by atoms with E-state index in [4.69, 9.17) is 18.6 Å². The molecule has 0 fully saturated rings. The highest BCUT2D eigenvalue weighted by atomic mass is 16.7. The number of esters is 1. The van der Waals surface area contributed by atoms with Gasteiger partial charge in [-0.15, -0.1) is 0 Å². The fourth-order valence-corrected chi connectivity index (χ4v) is 2.83. The van der Waals surface area contributed by atoms with Crippen LogP contribution in [0.2, 0.25) is 0 Å². The first kappa shape index (κ1) is 17.7. The molecule has 0 atom stereocenters. The molecule has 3 heterocycles. The number of non-ortho nitro benzene ring substituents is 1. The number of rotatable bonds is 6. The lowest BCUT2D eigenvalue weighted by molar-refractivity contribution is -0.385.